The minimum atomic E-state index is -0.646. The lowest BCUT2D eigenvalue weighted by atomic mass is 9.78. The molecule has 0 radical (unpaired) electrons. The van der Waals surface area contributed by atoms with Crippen LogP contribution in [0.3, 0.4) is 0 Å². The maximum Gasteiger partial charge on any atom is 0.329 e. The summed E-state index contributed by atoms with van der Waals surface area (Å²) < 4.78 is 10.8. The Morgan fingerprint density at radius 2 is 2.17 bits per heavy atom. The molecule has 0 aromatic rings. The molecule has 2 unspecified atom stereocenters. The van der Waals surface area contributed by atoms with Crippen molar-refractivity contribution in [2.45, 2.75) is 58.1 Å². The molecule has 1 fully saturated rings. The lowest BCUT2D eigenvalue weighted by molar-refractivity contribution is -0.161. The molecule has 0 amide bonds. The Balaban J connectivity index is 2.86. The first-order valence-corrected chi connectivity index (χ1v) is 7.01. The summed E-state index contributed by atoms with van der Waals surface area (Å²) in [6, 6.07) is 0. The van der Waals surface area contributed by atoms with Gasteiger partial charge in [0.15, 0.2) is 0 Å². The Morgan fingerprint density at radius 3 is 2.72 bits per heavy atom. The summed E-state index contributed by atoms with van der Waals surface area (Å²) in [5, 5.41) is 3.42. The average Bonchev–Trinajstić information content (AvgIpc) is 2.36. The minimum Gasteiger partial charge on any atom is -0.465 e. The number of esters is 1. The number of hydrogen-bond acceptors (Lipinski definition) is 4. The van der Waals surface area contributed by atoms with Gasteiger partial charge in [-0.2, -0.15) is 0 Å². The van der Waals surface area contributed by atoms with Gasteiger partial charge >= 0.3 is 5.97 Å². The summed E-state index contributed by atoms with van der Waals surface area (Å²) >= 11 is 0. The molecular formula is C14H27NO3. The van der Waals surface area contributed by atoms with Gasteiger partial charge in [-0.25, -0.2) is 4.79 Å². The van der Waals surface area contributed by atoms with Gasteiger partial charge in [-0.05, 0) is 32.2 Å². The summed E-state index contributed by atoms with van der Waals surface area (Å²) in [5.41, 5.74) is -0.646. The molecule has 2 atom stereocenters. The first-order valence-electron chi connectivity index (χ1n) is 7.01. The van der Waals surface area contributed by atoms with Crippen molar-refractivity contribution in [1.29, 1.82) is 0 Å². The molecule has 0 aliphatic heterocycles. The number of methoxy groups -OCH3 is 1. The van der Waals surface area contributed by atoms with Gasteiger partial charge in [0.25, 0.3) is 0 Å². The maximum absolute atomic E-state index is 12.3. The van der Waals surface area contributed by atoms with E-state index in [1.165, 1.54) is 0 Å². The molecule has 1 rings (SSSR count). The summed E-state index contributed by atoms with van der Waals surface area (Å²) in [6.07, 6.45) is 3.80. The van der Waals surface area contributed by atoms with Crippen molar-refractivity contribution in [3.05, 3.63) is 0 Å². The Bertz CT molecular complexity index is 268. The predicted octanol–water partition coefficient (Wildman–Crippen LogP) is 2.12. The van der Waals surface area contributed by atoms with E-state index in [4.69, 9.17) is 9.47 Å². The van der Waals surface area contributed by atoms with Crippen LogP contribution < -0.4 is 5.32 Å². The highest BCUT2D eigenvalue weighted by molar-refractivity contribution is 5.82. The van der Waals surface area contributed by atoms with Crippen LogP contribution in [0, 0.1) is 5.92 Å². The van der Waals surface area contributed by atoms with E-state index in [1.807, 2.05) is 6.92 Å². The molecule has 1 aliphatic carbocycles. The van der Waals surface area contributed by atoms with E-state index in [2.05, 4.69) is 19.2 Å². The van der Waals surface area contributed by atoms with Crippen LogP contribution in [0.2, 0.25) is 0 Å². The third-order valence-electron chi connectivity index (χ3n) is 3.59. The zero-order valence-electron chi connectivity index (χ0n) is 12.1. The molecule has 4 heteroatoms. The van der Waals surface area contributed by atoms with Gasteiger partial charge in [0.1, 0.15) is 5.54 Å². The van der Waals surface area contributed by atoms with Crippen molar-refractivity contribution in [2.24, 2.45) is 5.92 Å². The summed E-state index contributed by atoms with van der Waals surface area (Å²) in [6.45, 7) is 7.34. The second kappa shape index (κ2) is 7.10. The van der Waals surface area contributed by atoms with Crippen molar-refractivity contribution >= 4 is 5.97 Å². The monoisotopic (exact) mass is 257 g/mol. The Hall–Kier alpha value is -0.610. The largest absolute Gasteiger partial charge is 0.465 e. The fourth-order valence-corrected chi connectivity index (χ4v) is 2.61. The van der Waals surface area contributed by atoms with Crippen LogP contribution in [0.1, 0.15) is 46.5 Å². The quantitative estimate of drug-likeness (QED) is 0.740. The van der Waals surface area contributed by atoms with Crippen molar-refractivity contribution < 1.29 is 14.3 Å². The van der Waals surface area contributed by atoms with Gasteiger partial charge in [-0.1, -0.05) is 26.7 Å². The molecule has 4 nitrogen and oxygen atoms in total. The van der Waals surface area contributed by atoms with Crippen LogP contribution in [0.25, 0.3) is 0 Å². The summed E-state index contributed by atoms with van der Waals surface area (Å²) in [4.78, 5) is 12.3. The molecule has 1 saturated carbocycles. The van der Waals surface area contributed by atoms with E-state index < -0.39 is 5.54 Å². The number of nitrogens with one attached hydrogen (secondary N) is 1. The van der Waals surface area contributed by atoms with Crippen LogP contribution in [-0.4, -0.2) is 37.9 Å². The Morgan fingerprint density at radius 1 is 1.44 bits per heavy atom. The molecule has 1 aliphatic rings. The third kappa shape index (κ3) is 3.45. The van der Waals surface area contributed by atoms with Crippen LogP contribution >= 0.6 is 0 Å². The van der Waals surface area contributed by atoms with E-state index in [-0.39, 0.29) is 12.1 Å². The van der Waals surface area contributed by atoms with Gasteiger partial charge in [0.05, 0.1) is 12.7 Å². The normalized spacial score (nSPS) is 28.4. The van der Waals surface area contributed by atoms with E-state index in [1.54, 1.807) is 7.11 Å². The third-order valence-corrected chi connectivity index (χ3v) is 3.59. The minimum absolute atomic E-state index is 0.0796. The van der Waals surface area contributed by atoms with Crippen molar-refractivity contribution in [3.63, 3.8) is 0 Å². The smallest absolute Gasteiger partial charge is 0.329 e. The van der Waals surface area contributed by atoms with E-state index in [9.17, 15) is 4.79 Å². The maximum atomic E-state index is 12.3. The number of carbonyl (C=O) groups excluding carboxylic acids is 1. The van der Waals surface area contributed by atoms with Gasteiger partial charge in [-0.3, -0.25) is 5.32 Å². The van der Waals surface area contributed by atoms with E-state index in [0.717, 1.165) is 32.2 Å². The number of hydrogen-bond donors (Lipinski definition) is 1. The van der Waals surface area contributed by atoms with Crippen molar-refractivity contribution in [1.82, 2.24) is 5.32 Å². The lowest BCUT2D eigenvalue weighted by Gasteiger charge is -2.42. The SMILES string of the molecule is CCOC(=O)C1(NCC(C)C)CCCCC1OC. The standard InChI is InChI=1S/C14H27NO3/c1-5-18-13(16)14(15-10-11(2)3)9-7-6-8-12(14)17-4/h11-12,15H,5-10H2,1-4H3. The van der Waals surface area contributed by atoms with Crippen molar-refractivity contribution in [2.75, 3.05) is 20.3 Å². The predicted molar refractivity (Wildman–Crippen MR) is 71.5 cm³/mol. The lowest BCUT2D eigenvalue weighted by Crippen LogP contribution is -2.63. The topological polar surface area (TPSA) is 47.6 Å². The first kappa shape index (κ1) is 15.4. The van der Waals surface area contributed by atoms with Gasteiger partial charge in [0.2, 0.25) is 0 Å². The molecule has 0 aromatic carbocycles. The van der Waals surface area contributed by atoms with Crippen LogP contribution in [0.15, 0.2) is 0 Å². The van der Waals surface area contributed by atoms with Crippen LogP contribution in [0.5, 0.6) is 0 Å². The molecular weight excluding hydrogens is 230 g/mol. The highest BCUT2D eigenvalue weighted by Gasteiger charge is 2.48. The molecule has 0 saturated heterocycles. The van der Waals surface area contributed by atoms with E-state index >= 15 is 0 Å². The van der Waals surface area contributed by atoms with Gasteiger partial charge in [-0.15, -0.1) is 0 Å². The molecule has 18 heavy (non-hydrogen) atoms. The number of carbonyl (C=O) groups is 1. The van der Waals surface area contributed by atoms with Gasteiger partial charge < -0.3 is 9.47 Å². The summed E-state index contributed by atoms with van der Waals surface area (Å²) in [7, 11) is 1.68. The molecule has 106 valence electrons. The fourth-order valence-electron chi connectivity index (χ4n) is 2.61. The van der Waals surface area contributed by atoms with Crippen LogP contribution in [-0.2, 0) is 14.3 Å². The van der Waals surface area contributed by atoms with E-state index in [0.29, 0.717) is 12.5 Å². The second-order valence-electron chi connectivity index (χ2n) is 5.44. The summed E-state index contributed by atoms with van der Waals surface area (Å²) in [5.74, 6) is 0.341. The number of rotatable bonds is 6. The van der Waals surface area contributed by atoms with Gasteiger partial charge in [0, 0.05) is 7.11 Å². The zero-order valence-corrected chi connectivity index (χ0v) is 12.1. The number of ether oxygens (including phenoxy) is 2. The highest BCUT2D eigenvalue weighted by Crippen LogP contribution is 2.32. The second-order valence-corrected chi connectivity index (χ2v) is 5.44. The molecule has 0 heterocycles. The Labute approximate surface area is 110 Å². The molecule has 0 aromatic heterocycles. The molecule has 0 spiro atoms. The zero-order chi connectivity index (χ0) is 13.6. The fraction of sp³-hybridized carbons (Fsp3) is 0.929. The first-order chi connectivity index (χ1) is 8.56. The average molecular weight is 257 g/mol. The highest BCUT2D eigenvalue weighted by atomic mass is 16.5. The molecule has 1 N–H and O–H groups in total. The Kier molecular flexibility index (Phi) is 6.09. The molecule has 0 bridgehead atoms. The van der Waals surface area contributed by atoms with Crippen LogP contribution in [0.4, 0.5) is 0 Å². The van der Waals surface area contributed by atoms with Crippen molar-refractivity contribution in [3.8, 4) is 0 Å².